The number of aryl methyl sites for hydroxylation is 2. The Kier molecular flexibility index (Phi) is 4.51. The molecule has 0 saturated carbocycles. The summed E-state index contributed by atoms with van der Waals surface area (Å²) in [5.41, 5.74) is 1.73. The molecule has 0 amide bonds. The molecule has 2 aromatic carbocycles. The minimum atomic E-state index is -0.680. The third-order valence-electron chi connectivity index (χ3n) is 3.93. The summed E-state index contributed by atoms with van der Waals surface area (Å²) in [6, 6.07) is 9.41. The Morgan fingerprint density at radius 1 is 1.20 bits per heavy atom. The summed E-state index contributed by atoms with van der Waals surface area (Å²) in [4.78, 5) is 24.0. The zero-order valence-electron chi connectivity index (χ0n) is 13.6. The highest BCUT2D eigenvalue weighted by Crippen LogP contribution is 2.26. The molecule has 3 aromatic rings. The molecule has 0 unspecified atom stereocenters. The molecular formula is C19H15ClO5. The van der Waals surface area contributed by atoms with Crippen molar-refractivity contribution in [2.75, 3.05) is 0 Å². The van der Waals surface area contributed by atoms with Crippen LogP contribution in [0.5, 0.6) is 5.75 Å². The summed E-state index contributed by atoms with van der Waals surface area (Å²) < 4.78 is 10.4. The third-order valence-corrected chi connectivity index (χ3v) is 4.33. The van der Waals surface area contributed by atoms with Gasteiger partial charge < -0.3 is 14.3 Å². The molecule has 1 aromatic heterocycles. The van der Waals surface area contributed by atoms with Crippen molar-refractivity contribution in [3.63, 3.8) is 0 Å². The lowest BCUT2D eigenvalue weighted by Crippen LogP contribution is -2.08. The van der Waals surface area contributed by atoms with Crippen LogP contribution in [0.1, 0.15) is 27.0 Å². The van der Waals surface area contributed by atoms with E-state index in [1.807, 2.05) is 0 Å². The fraction of sp³-hybridized carbons (Fsp3) is 0.158. The van der Waals surface area contributed by atoms with E-state index in [4.69, 9.17) is 20.8 Å². The number of ether oxygens (including phenoxy) is 1. The second-order valence-electron chi connectivity index (χ2n) is 5.74. The van der Waals surface area contributed by atoms with Crippen molar-refractivity contribution in [1.82, 2.24) is 0 Å². The molecule has 1 heterocycles. The Bertz CT molecular complexity index is 1040. The Morgan fingerprint density at radius 2 is 1.96 bits per heavy atom. The second-order valence-corrected chi connectivity index (χ2v) is 6.14. The van der Waals surface area contributed by atoms with E-state index in [1.54, 1.807) is 38.1 Å². The average Bonchev–Trinajstić information content (AvgIpc) is 2.56. The van der Waals surface area contributed by atoms with Gasteiger partial charge in [0, 0.05) is 22.0 Å². The number of carbonyl (C=O) groups is 1. The number of esters is 1. The number of hydrogen-bond acceptors (Lipinski definition) is 5. The lowest BCUT2D eigenvalue weighted by molar-refractivity contribution is 0.0470. The number of aromatic hydroxyl groups is 1. The summed E-state index contributed by atoms with van der Waals surface area (Å²) in [6.07, 6.45) is 0. The largest absolute Gasteiger partial charge is 0.507 e. The Morgan fingerprint density at radius 3 is 2.72 bits per heavy atom. The molecule has 25 heavy (non-hydrogen) atoms. The summed E-state index contributed by atoms with van der Waals surface area (Å²) in [7, 11) is 0. The van der Waals surface area contributed by atoms with Crippen LogP contribution in [0.3, 0.4) is 0 Å². The van der Waals surface area contributed by atoms with Crippen molar-refractivity contribution >= 4 is 28.5 Å². The van der Waals surface area contributed by atoms with Crippen LogP contribution in [0.15, 0.2) is 45.6 Å². The molecule has 5 nitrogen and oxygen atoms in total. The van der Waals surface area contributed by atoms with E-state index < -0.39 is 11.6 Å². The van der Waals surface area contributed by atoms with Crippen LogP contribution in [-0.2, 0) is 11.3 Å². The number of halogens is 1. The third kappa shape index (κ3) is 3.37. The van der Waals surface area contributed by atoms with Crippen molar-refractivity contribution < 1.29 is 19.1 Å². The topological polar surface area (TPSA) is 76.7 Å². The minimum Gasteiger partial charge on any atom is -0.507 e. The Balaban J connectivity index is 1.93. The van der Waals surface area contributed by atoms with Crippen LogP contribution in [0, 0.1) is 13.8 Å². The number of benzene rings is 2. The number of para-hydroxylation sites is 1. The predicted molar refractivity (Wildman–Crippen MR) is 94.2 cm³/mol. The van der Waals surface area contributed by atoms with E-state index in [1.165, 1.54) is 12.1 Å². The maximum atomic E-state index is 12.2. The molecule has 0 aliphatic carbocycles. The molecular weight excluding hydrogens is 344 g/mol. The van der Waals surface area contributed by atoms with Crippen LogP contribution >= 0.6 is 11.6 Å². The summed E-state index contributed by atoms with van der Waals surface area (Å²) in [5, 5.41) is 11.1. The first-order chi connectivity index (χ1) is 11.9. The van der Waals surface area contributed by atoms with Gasteiger partial charge in [0.05, 0.1) is 0 Å². The Labute approximate surface area is 148 Å². The fourth-order valence-corrected chi connectivity index (χ4v) is 2.68. The van der Waals surface area contributed by atoms with Crippen LogP contribution < -0.4 is 5.63 Å². The van der Waals surface area contributed by atoms with E-state index in [9.17, 15) is 14.7 Å². The molecule has 0 bridgehead atoms. The molecule has 3 rings (SSSR count). The van der Waals surface area contributed by atoms with E-state index in [0.29, 0.717) is 27.1 Å². The van der Waals surface area contributed by atoms with Crippen molar-refractivity contribution in [3.05, 3.63) is 74.1 Å². The van der Waals surface area contributed by atoms with Gasteiger partial charge in [0.25, 0.3) is 0 Å². The fourth-order valence-electron chi connectivity index (χ4n) is 2.51. The van der Waals surface area contributed by atoms with Crippen molar-refractivity contribution in [2.24, 2.45) is 0 Å². The number of fused-ring (bicyclic) bond motifs is 1. The zero-order valence-corrected chi connectivity index (χ0v) is 14.4. The predicted octanol–water partition coefficient (Wildman–Crippen LogP) is 4.13. The van der Waals surface area contributed by atoms with Crippen molar-refractivity contribution in [2.45, 2.75) is 20.5 Å². The minimum absolute atomic E-state index is 0.0705. The van der Waals surface area contributed by atoms with Gasteiger partial charge in [-0.05, 0) is 43.2 Å². The van der Waals surface area contributed by atoms with Gasteiger partial charge in [0.1, 0.15) is 23.5 Å². The molecule has 0 aliphatic rings. The van der Waals surface area contributed by atoms with Crippen LogP contribution in [0.25, 0.3) is 11.0 Å². The zero-order chi connectivity index (χ0) is 18.1. The van der Waals surface area contributed by atoms with E-state index in [0.717, 1.165) is 5.56 Å². The van der Waals surface area contributed by atoms with Gasteiger partial charge in [0.15, 0.2) is 0 Å². The molecule has 0 spiro atoms. The first-order valence-corrected chi connectivity index (χ1v) is 7.93. The van der Waals surface area contributed by atoms with E-state index in [-0.39, 0.29) is 17.9 Å². The van der Waals surface area contributed by atoms with E-state index in [2.05, 4.69) is 0 Å². The maximum Gasteiger partial charge on any atom is 0.342 e. The van der Waals surface area contributed by atoms with Gasteiger partial charge in [-0.3, -0.25) is 0 Å². The molecule has 128 valence electrons. The molecule has 0 saturated heterocycles. The number of carbonyl (C=O) groups excluding carboxylic acids is 1. The van der Waals surface area contributed by atoms with Gasteiger partial charge in [-0.25, -0.2) is 9.59 Å². The number of hydrogen-bond donors (Lipinski definition) is 1. The van der Waals surface area contributed by atoms with E-state index >= 15 is 0 Å². The van der Waals surface area contributed by atoms with Gasteiger partial charge in [0.2, 0.25) is 0 Å². The highest BCUT2D eigenvalue weighted by atomic mass is 35.5. The van der Waals surface area contributed by atoms with Gasteiger partial charge in [-0.15, -0.1) is 0 Å². The van der Waals surface area contributed by atoms with Crippen LogP contribution in [0.4, 0.5) is 0 Å². The number of phenolic OH excluding ortho intramolecular Hbond substituents is 1. The number of phenols is 1. The maximum absolute atomic E-state index is 12.2. The quantitative estimate of drug-likeness (QED) is 0.562. The SMILES string of the molecule is Cc1cc2oc(=O)cc(COC(=O)c3cccc(C)c3O)c2cc1Cl. The summed E-state index contributed by atoms with van der Waals surface area (Å²) >= 11 is 6.14. The first-order valence-electron chi connectivity index (χ1n) is 7.55. The number of rotatable bonds is 3. The lowest BCUT2D eigenvalue weighted by Gasteiger charge is -2.10. The molecule has 0 radical (unpaired) electrons. The smallest absolute Gasteiger partial charge is 0.342 e. The standard InChI is InChI=1S/C19H15ClO5/c1-10-4-3-5-13(18(10)22)19(23)24-9-12-7-17(21)25-16-6-11(2)15(20)8-14(12)16/h3-8,22H,9H2,1-2H3. The molecule has 1 N–H and O–H groups in total. The molecule has 0 aliphatic heterocycles. The lowest BCUT2D eigenvalue weighted by atomic mass is 10.1. The summed E-state index contributed by atoms with van der Waals surface area (Å²) in [6.45, 7) is 3.34. The average molecular weight is 359 g/mol. The first kappa shape index (κ1) is 17.0. The molecule has 6 heteroatoms. The molecule has 0 atom stereocenters. The highest BCUT2D eigenvalue weighted by Gasteiger charge is 2.16. The normalized spacial score (nSPS) is 10.8. The van der Waals surface area contributed by atoms with Gasteiger partial charge >= 0.3 is 11.6 Å². The van der Waals surface area contributed by atoms with Crippen LogP contribution in [-0.4, -0.2) is 11.1 Å². The molecule has 0 fully saturated rings. The van der Waals surface area contributed by atoms with Gasteiger partial charge in [-0.2, -0.15) is 0 Å². The summed E-state index contributed by atoms with van der Waals surface area (Å²) in [5.74, 6) is -0.801. The monoisotopic (exact) mass is 358 g/mol. The van der Waals surface area contributed by atoms with Crippen molar-refractivity contribution in [1.29, 1.82) is 0 Å². The van der Waals surface area contributed by atoms with Crippen LogP contribution in [0.2, 0.25) is 5.02 Å². The highest BCUT2D eigenvalue weighted by molar-refractivity contribution is 6.32. The Hall–Kier alpha value is -2.79. The van der Waals surface area contributed by atoms with Crippen molar-refractivity contribution in [3.8, 4) is 5.75 Å². The second kappa shape index (κ2) is 6.61. The van der Waals surface area contributed by atoms with Gasteiger partial charge in [-0.1, -0.05) is 23.7 Å².